The van der Waals surface area contributed by atoms with Gasteiger partial charge in [-0.1, -0.05) is 59.4 Å². The summed E-state index contributed by atoms with van der Waals surface area (Å²) in [7, 11) is -14.9. The highest BCUT2D eigenvalue weighted by Crippen LogP contribution is 2.36. The van der Waals surface area contributed by atoms with E-state index < -0.39 is 39.4 Å². The Labute approximate surface area is 223 Å². The van der Waals surface area contributed by atoms with E-state index in [4.69, 9.17) is 4.43 Å². The summed E-state index contributed by atoms with van der Waals surface area (Å²) in [6.07, 6.45) is 10.3. The van der Waals surface area contributed by atoms with E-state index in [2.05, 4.69) is 56.7 Å². The lowest BCUT2D eigenvalue weighted by Crippen LogP contribution is -2.41. The number of hydrogen-bond acceptors (Lipinski definition) is 5. The van der Waals surface area contributed by atoms with Gasteiger partial charge < -0.3 is 8.55 Å². The number of alkyl halides is 6. The summed E-state index contributed by atoms with van der Waals surface area (Å²) >= 11 is 0. The van der Waals surface area contributed by atoms with E-state index in [0.29, 0.717) is 0 Å². The highest BCUT2D eigenvalue weighted by molar-refractivity contribution is 8.13. The van der Waals surface area contributed by atoms with Gasteiger partial charge in [0.25, 0.3) is 0 Å². The van der Waals surface area contributed by atoms with Gasteiger partial charge in [0.15, 0.2) is 34.6 Å². The van der Waals surface area contributed by atoms with Crippen LogP contribution in [-0.2, 0) is 37.6 Å². The molecule has 1 aromatic heterocycles. The van der Waals surface area contributed by atoms with Gasteiger partial charge in [0.05, 0.1) is 0 Å². The smallest absolute Gasteiger partial charge is 0.421 e. The summed E-state index contributed by atoms with van der Waals surface area (Å²) in [6, 6.07) is 10.2. The van der Waals surface area contributed by atoms with Gasteiger partial charge in [0, 0.05) is 18.6 Å². The van der Waals surface area contributed by atoms with Crippen molar-refractivity contribution in [2.75, 3.05) is 0 Å². The van der Waals surface area contributed by atoms with Gasteiger partial charge in [-0.2, -0.15) is 26.3 Å². The van der Waals surface area contributed by atoms with Crippen LogP contribution in [0.4, 0.5) is 26.3 Å². The predicted molar refractivity (Wildman–Crippen MR) is 135 cm³/mol. The molecule has 0 aliphatic heterocycles. The molecule has 16 heteroatoms. The van der Waals surface area contributed by atoms with Crippen LogP contribution in [0.2, 0.25) is 18.1 Å². The van der Waals surface area contributed by atoms with Gasteiger partial charge in [-0.25, -0.2) is 21.4 Å². The molecule has 0 amide bonds. The standard InChI is InChI=1S/C20H38NOSi.C2F6NO4S2/c1-5-9-10-11-12-14-17-21-18-15-13-16-20(21)19-22-23(6-2,7-3)8-4;3-1(4,5)14(10,11)9-15(12,13)2(6,7)8/h13,15-16,18H,5-12,14,17,19H2,1-4H3;/q+1;-1. The molecule has 0 radical (unpaired) electrons. The largest absolute Gasteiger partial charge is 0.480 e. The molecule has 0 aromatic carbocycles. The normalized spacial score (nSPS) is 13.2. The highest BCUT2D eigenvalue weighted by atomic mass is 32.3. The van der Waals surface area contributed by atoms with Crippen molar-refractivity contribution < 1.29 is 52.2 Å². The number of rotatable bonds is 15. The van der Waals surface area contributed by atoms with Gasteiger partial charge in [0.2, 0.25) is 5.69 Å². The number of nitrogens with zero attached hydrogens (tertiary/aromatic N) is 2. The Hall–Kier alpha value is -1.23. The zero-order valence-electron chi connectivity index (χ0n) is 22.1. The zero-order chi connectivity index (χ0) is 29.7. The number of unbranched alkanes of at least 4 members (excludes halogenated alkanes) is 5. The first kappa shape index (κ1) is 36.8. The summed E-state index contributed by atoms with van der Waals surface area (Å²) in [5.74, 6) is 0. The Morgan fingerprint density at radius 2 is 1.26 bits per heavy atom. The maximum absolute atomic E-state index is 11.4. The predicted octanol–water partition coefficient (Wildman–Crippen LogP) is 6.92. The van der Waals surface area contributed by atoms with Crippen LogP contribution in [0.5, 0.6) is 0 Å². The fourth-order valence-electron chi connectivity index (χ4n) is 3.42. The monoisotopic (exact) mass is 616 g/mol. The van der Waals surface area contributed by atoms with Crippen LogP contribution in [0.15, 0.2) is 24.4 Å². The van der Waals surface area contributed by atoms with Crippen molar-refractivity contribution in [3.63, 3.8) is 0 Å². The Bertz CT molecular complexity index is 981. The quantitative estimate of drug-likeness (QED) is 0.0923. The molecule has 224 valence electrons. The second kappa shape index (κ2) is 16.1. The van der Waals surface area contributed by atoms with E-state index >= 15 is 0 Å². The lowest BCUT2D eigenvalue weighted by molar-refractivity contribution is -0.706. The van der Waals surface area contributed by atoms with Gasteiger partial charge in [0.1, 0.15) is 13.2 Å². The molecule has 0 spiro atoms. The minimum absolute atomic E-state index is 0.778. The molecular formula is C22H38F6N2O5S2Si. The number of aromatic nitrogens is 1. The number of hydrogen-bond donors (Lipinski definition) is 0. The van der Waals surface area contributed by atoms with Crippen LogP contribution in [0.25, 0.3) is 4.13 Å². The second-order valence-corrected chi connectivity index (χ2v) is 16.8. The molecule has 1 rings (SSSR count). The average Bonchev–Trinajstić information content (AvgIpc) is 2.81. The van der Waals surface area contributed by atoms with E-state index in [9.17, 15) is 43.2 Å². The van der Waals surface area contributed by atoms with Crippen LogP contribution in [-0.4, -0.2) is 36.2 Å². The zero-order valence-corrected chi connectivity index (χ0v) is 24.7. The number of aryl methyl sites for hydroxylation is 1. The summed E-state index contributed by atoms with van der Waals surface area (Å²) in [6.45, 7) is 11.1. The molecule has 0 unspecified atom stereocenters. The van der Waals surface area contributed by atoms with E-state index in [0.717, 1.165) is 17.3 Å². The van der Waals surface area contributed by atoms with Gasteiger partial charge in [-0.15, -0.1) is 0 Å². The maximum atomic E-state index is 11.4. The molecule has 0 bridgehead atoms. The second-order valence-electron chi connectivity index (χ2n) is 8.60. The Balaban J connectivity index is 0.000000793. The average molecular weight is 617 g/mol. The fourth-order valence-corrected chi connectivity index (χ4v) is 7.70. The van der Waals surface area contributed by atoms with Crippen LogP contribution in [0.1, 0.15) is 71.9 Å². The van der Waals surface area contributed by atoms with Crippen molar-refractivity contribution in [3.05, 3.63) is 34.2 Å². The molecule has 7 nitrogen and oxygen atoms in total. The lowest BCUT2D eigenvalue weighted by Gasteiger charge is -2.27. The van der Waals surface area contributed by atoms with Crippen LogP contribution < -0.4 is 4.57 Å². The fraction of sp³-hybridized carbons (Fsp3) is 0.773. The van der Waals surface area contributed by atoms with Crippen molar-refractivity contribution in [1.29, 1.82) is 0 Å². The highest BCUT2D eigenvalue weighted by Gasteiger charge is 2.47. The molecule has 0 N–H and O–H groups in total. The van der Waals surface area contributed by atoms with E-state index in [-0.39, 0.29) is 0 Å². The van der Waals surface area contributed by atoms with Crippen molar-refractivity contribution in [2.24, 2.45) is 0 Å². The van der Waals surface area contributed by atoms with E-state index in [1.54, 1.807) is 0 Å². The minimum atomic E-state index is -6.72. The number of sulfonamides is 2. The van der Waals surface area contributed by atoms with Crippen molar-refractivity contribution in [1.82, 2.24) is 0 Å². The minimum Gasteiger partial charge on any atom is -0.421 e. The third-order valence-electron chi connectivity index (χ3n) is 6.03. The topological polar surface area (TPSA) is 95.5 Å². The third kappa shape index (κ3) is 12.3. The van der Waals surface area contributed by atoms with Crippen molar-refractivity contribution in [2.45, 2.75) is 109 Å². The summed E-state index contributed by atoms with van der Waals surface area (Å²) in [5.41, 5.74) is -11.1. The van der Waals surface area contributed by atoms with Gasteiger partial charge in [-0.3, -0.25) is 0 Å². The Morgan fingerprint density at radius 1 is 0.789 bits per heavy atom. The number of pyridine rings is 1. The van der Waals surface area contributed by atoms with E-state index in [1.807, 2.05) is 0 Å². The van der Waals surface area contributed by atoms with Crippen LogP contribution >= 0.6 is 0 Å². The molecule has 0 saturated carbocycles. The molecule has 0 aliphatic rings. The summed E-state index contributed by atoms with van der Waals surface area (Å²) in [4.78, 5) is 0. The van der Waals surface area contributed by atoms with Crippen LogP contribution in [0, 0.1) is 0 Å². The Morgan fingerprint density at radius 3 is 1.71 bits per heavy atom. The molecular weight excluding hydrogens is 578 g/mol. The van der Waals surface area contributed by atoms with E-state index in [1.165, 1.54) is 62.4 Å². The number of halogens is 6. The molecule has 0 saturated heterocycles. The molecule has 0 aliphatic carbocycles. The molecule has 1 heterocycles. The van der Waals surface area contributed by atoms with Gasteiger partial charge in [-0.05, 0) is 24.6 Å². The first-order valence-electron chi connectivity index (χ1n) is 12.4. The summed E-state index contributed by atoms with van der Waals surface area (Å²) in [5, 5.41) is 0. The van der Waals surface area contributed by atoms with Crippen molar-refractivity contribution in [3.8, 4) is 0 Å². The van der Waals surface area contributed by atoms with Gasteiger partial charge >= 0.3 is 11.0 Å². The summed E-state index contributed by atoms with van der Waals surface area (Å²) < 4.78 is 118. The maximum Gasteiger partial charge on any atom is 0.480 e. The first-order valence-corrected chi connectivity index (χ1v) is 17.8. The first-order chi connectivity index (χ1) is 17.4. The third-order valence-corrected chi connectivity index (χ3v) is 13.4. The lowest BCUT2D eigenvalue weighted by atomic mass is 10.1. The molecule has 1 aromatic rings. The molecule has 38 heavy (non-hydrogen) atoms. The van der Waals surface area contributed by atoms with Crippen molar-refractivity contribution >= 4 is 28.4 Å². The molecule has 0 fully saturated rings. The Kier molecular flexibility index (Phi) is 15.6. The van der Waals surface area contributed by atoms with Crippen LogP contribution in [0.3, 0.4) is 0 Å². The molecule has 0 atom stereocenters. The SMILES string of the molecule is CCCCCCCC[n+]1ccccc1CO[Si](CC)(CC)CC.O=S(=O)([N-]S(=O)(=O)C(F)(F)F)C(F)(F)F.